The van der Waals surface area contributed by atoms with Gasteiger partial charge in [0.2, 0.25) is 0 Å². The second-order valence-corrected chi connectivity index (χ2v) is 4.43. The minimum atomic E-state index is 0.779. The van der Waals surface area contributed by atoms with Crippen molar-refractivity contribution in [1.29, 1.82) is 0 Å². The molecular weight excluding hydrogens is 148 g/mol. The van der Waals surface area contributed by atoms with Crippen LogP contribution in [0.3, 0.4) is 0 Å². The van der Waals surface area contributed by atoms with E-state index < -0.39 is 0 Å². The van der Waals surface area contributed by atoms with Gasteiger partial charge >= 0.3 is 0 Å². The average Bonchev–Trinajstić information content (AvgIpc) is 2.65. The topological polar surface area (TPSA) is 38.0 Å². The van der Waals surface area contributed by atoms with Crippen LogP contribution < -0.4 is 11.1 Å². The molecule has 0 heterocycles. The fourth-order valence-electron chi connectivity index (χ4n) is 3.02. The molecule has 0 amide bonds. The Hall–Kier alpha value is -0.0800. The largest absolute Gasteiger partial charge is 0.329 e. The van der Waals surface area contributed by atoms with Crippen molar-refractivity contribution < 1.29 is 0 Å². The van der Waals surface area contributed by atoms with Crippen molar-refractivity contribution in [2.45, 2.75) is 25.7 Å². The number of hydrogen-bond acceptors (Lipinski definition) is 2. The summed E-state index contributed by atoms with van der Waals surface area (Å²) in [6.07, 6.45) is 6.02. The quantitative estimate of drug-likeness (QED) is 0.614. The molecule has 70 valence electrons. The lowest BCUT2D eigenvalue weighted by Crippen LogP contribution is -2.30. The lowest BCUT2D eigenvalue weighted by atomic mass is 9.89. The highest BCUT2D eigenvalue weighted by Gasteiger charge is 2.38. The summed E-state index contributed by atoms with van der Waals surface area (Å²) < 4.78 is 0. The van der Waals surface area contributed by atoms with Gasteiger partial charge in [0.1, 0.15) is 0 Å². The van der Waals surface area contributed by atoms with E-state index in [0.717, 1.165) is 30.8 Å². The first-order valence-electron chi connectivity index (χ1n) is 5.31. The lowest BCUT2D eigenvalue weighted by Gasteiger charge is -2.21. The van der Waals surface area contributed by atoms with Gasteiger partial charge in [-0.25, -0.2) is 0 Å². The fraction of sp³-hybridized carbons (Fsp3) is 1.00. The van der Waals surface area contributed by atoms with E-state index in [0.29, 0.717) is 0 Å². The molecule has 2 nitrogen and oxygen atoms in total. The Kier molecular flexibility index (Phi) is 2.66. The normalized spacial score (nSPS) is 39.2. The molecule has 0 aromatic carbocycles. The predicted octanol–water partition coefficient (Wildman–Crippen LogP) is 0.971. The summed E-state index contributed by atoms with van der Waals surface area (Å²) in [6.45, 7) is 2.99. The molecule has 2 fully saturated rings. The summed E-state index contributed by atoms with van der Waals surface area (Å²) in [4.78, 5) is 0. The van der Waals surface area contributed by atoms with Crippen LogP contribution in [0.4, 0.5) is 0 Å². The summed E-state index contributed by atoms with van der Waals surface area (Å²) in [5.41, 5.74) is 5.43. The van der Waals surface area contributed by atoms with Gasteiger partial charge in [-0.15, -0.1) is 0 Å². The molecule has 2 aliphatic carbocycles. The highest BCUT2D eigenvalue weighted by Crippen LogP contribution is 2.47. The Bertz CT molecular complexity index is 147. The van der Waals surface area contributed by atoms with Crippen LogP contribution in [0.25, 0.3) is 0 Å². The molecule has 3 atom stereocenters. The molecule has 0 aliphatic heterocycles. The first-order valence-corrected chi connectivity index (χ1v) is 5.31. The third-order valence-corrected chi connectivity index (χ3v) is 3.61. The molecule has 0 saturated heterocycles. The molecule has 12 heavy (non-hydrogen) atoms. The Morgan fingerprint density at radius 3 is 2.75 bits per heavy atom. The maximum Gasteiger partial charge on any atom is 0.00746 e. The van der Waals surface area contributed by atoms with E-state index in [1.807, 2.05) is 0 Å². The van der Waals surface area contributed by atoms with Crippen LogP contribution in [0, 0.1) is 17.8 Å². The van der Waals surface area contributed by atoms with Crippen LogP contribution in [0.2, 0.25) is 0 Å². The molecule has 0 spiro atoms. The fourth-order valence-corrected chi connectivity index (χ4v) is 3.02. The van der Waals surface area contributed by atoms with Crippen molar-refractivity contribution in [1.82, 2.24) is 5.32 Å². The van der Waals surface area contributed by atoms with Crippen LogP contribution in [0.1, 0.15) is 25.7 Å². The van der Waals surface area contributed by atoms with Gasteiger partial charge in [-0.05, 0) is 43.6 Å². The third kappa shape index (κ3) is 1.64. The number of nitrogens with two attached hydrogens (primary N) is 1. The Labute approximate surface area is 74.9 Å². The van der Waals surface area contributed by atoms with Crippen molar-refractivity contribution >= 4 is 0 Å². The molecule has 0 radical (unpaired) electrons. The monoisotopic (exact) mass is 168 g/mol. The van der Waals surface area contributed by atoms with Crippen molar-refractivity contribution in [3.8, 4) is 0 Å². The van der Waals surface area contributed by atoms with Gasteiger partial charge in [-0.1, -0.05) is 6.42 Å². The minimum absolute atomic E-state index is 0.779. The van der Waals surface area contributed by atoms with Gasteiger partial charge in [-0.3, -0.25) is 0 Å². The Morgan fingerprint density at radius 2 is 2.17 bits per heavy atom. The van der Waals surface area contributed by atoms with Crippen molar-refractivity contribution in [2.24, 2.45) is 23.5 Å². The number of rotatable bonds is 4. The molecule has 3 unspecified atom stereocenters. The summed E-state index contributed by atoms with van der Waals surface area (Å²) >= 11 is 0. The third-order valence-electron chi connectivity index (χ3n) is 3.61. The zero-order valence-electron chi connectivity index (χ0n) is 7.76. The predicted molar refractivity (Wildman–Crippen MR) is 50.9 cm³/mol. The molecule has 2 saturated carbocycles. The molecular formula is C10H20N2. The SMILES string of the molecule is NCCNCC1CC2CCC1C2. The van der Waals surface area contributed by atoms with E-state index in [2.05, 4.69) is 5.32 Å². The summed E-state index contributed by atoms with van der Waals surface area (Å²) in [5.74, 6) is 3.12. The van der Waals surface area contributed by atoms with Crippen molar-refractivity contribution in [3.63, 3.8) is 0 Å². The van der Waals surface area contributed by atoms with Crippen LogP contribution in [-0.2, 0) is 0 Å². The van der Waals surface area contributed by atoms with Crippen LogP contribution in [0.15, 0.2) is 0 Å². The van der Waals surface area contributed by atoms with E-state index >= 15 is 0 Å². The van der Waals surface area contributed by atoms with E-state index in [-0.39, 0.29) is 0 Å². The van der Waals surface area contributed by atoms with E-state index in [1.165, 1.54) is 32.2 Å². The van der Waals surface area contributed by atoms with E-state index in [4.69, 9.17) is 5.73 Å². The minimum Gasteiger partial charge on any atom is -0.329 e. The zero-order valence-corrected chi connectivity index (χ0v) is 7.76. The van der Waals surface area contributed by atoms with Gasteiger partial charge in [0.25, 0.3) is 0 Å². The van der Waals surface area contributed by atoms with Gasteiger partial charge < -0.3 is 11.1 Å². The number of hydrogen-bond donors (Lipinski definition) is 2. The average molecular weight is 168 g/mol. The molecule has 2 rings (SSSR count). The molecule has 2 bridgehead atoms. The highest BCUT2D eigenvalue weighted by atomic mass is 14.9. The van der Waals surface area contributed by atoms with Gasteiger partial charge in [0.05, 0.1) is 0 Å². The van der Waals surface area contributed by atoms with E-state index in [9.17, 15) is 0 Å². The molecule has 2 aliphatic rings. The first-order chi connectivity index (χ1) is 5.90. The standard InChI is InChI=1S/C10H20N2/c11-3-4-12-7-10-6-8-1-2-9(10)5-8/h8-10,12H,1-7,11H2. The van der Waals surface area contributed by atoms with Crippen molar-refractivity contribution in [3.05, 3.63) is 0 Å². The smallest absolute Gasteiger partial charge is 0.00746 e. The molecule has 0 aromatic rings. The summed E-state index contributed by atoms with van der Waals surface area (Å²) in [7, 11) is 0. The maximum absolute atomic E-state index is 5.43. The second-order valence-electron chi connectivity index (χ2n) is 4.43. The molecule has 0 aromatic heterocycles. The summed E-state index contributed by atoms with van der Waals surface area (Å²) in [5, 5.41) is 3.44. The molecule has 3 N–H and O–H groups in total. The zero-order chi connectivity index (χ0) is 8.39. The van der Waals surface area contributed by atoms with Gasteiger partial charge in [0, 0.05) is 13.1 Å². The van der Waals surface area contributed by atoms with E-state index in [1.54, 1.807) is 0 Å². The number of fused-ring (bicyclic) bond motifs is 2. The highest BCUT2D eigenvalue weighted by molar-refractivity contribution is 4.90. The van der Waals surface area contributed by atoms with Crippen LogP contribution >= 0.6 is 0 Å². The number of nitrogens with one attached hydrogen (secondary N) is 1. The lowest BCUT2D eigenvalue weighted by molar-refractivity contribution is 0.320. The Morgan fingerprint density at radius 1 is 1.25 bits per heavy atom. The van der Waals surface area contributed by atoms with Gasteiger partial charge in [-0.2, -0.15) is 0 Å². The Balaban J connectivity index is 1.69. The second kappa shape index (κ2) is 3.75. The molecule has 2 heteroatoms. The first kappa shape index (κ1) is 8.52. The summed E-state index contributed by atoms with van der Waals surface area (Å²) in [6, 6.07) is 0. The van der Waals surface area contributed by atoms with Crippen LogP contribution in [0.5, 0.6) is 0 Å². The van der Waals surface area contributed by atoms with Gasteiger partial charge in [0.15, 0.2) is 0 Å². The van der Waals surface area contributed by atoms with Crippen LogP contribution in [-0.4, -0.2) is 19.6 Å². The van der Waals surface area contributed by atoms with Crippen molar-refractivity contribution in [2.75, 3.05) is 19.6 Å². The maximum atomic E-state index is 5.43.